The Morgan fingerprint density at radius 2 is 1.84 bits per heavy atom. The van der Waals surface area contributed by atoms with Crippen molar-refractivity contribution < 1.29 is 14.3 Å². The molecule has 0 aliphatic heterocycles. The summed E-state index contributed by atoms with van der Waals surface area (Å²) in [6, 6.07) is 17.1. The van der Waals surface area contributed by atoms with E-state index in [0.29, 0.717) is 17.1 Å². The SMILES string of the molecule is CCc1ccc(OCn2cc(NC(=O)c3cc(-c4ccc(OC)cc4)n[nH]3)cn2)cc1. The fourth-order valence-corrected chi connectivity index (χ4v) is 3.01. The number of hydrogen-bond donors (Lipinski definition) is 2. The summed E-state index contributed by atoms with van der Waals surface area (Å²) in [4.78, 5) is 12.5. The number of methoxy groups -OCH3 is 1. The predicted molar refractivity (Wildman–Crippen MR) is 117 cm³/mol. The molecule has 0 fully saturated rings. The van der Waals surface area contributed by atoms with Gasteiger partial charge < -0.3 is 14.8 Å². The molecule has 0 atom stereocenters. The van der Waals surface area contributed by atoms with Gasteiger partial charge in [-0.3, -0.25) is 9.89 Å². The van der Waals surface area contributed by atoms with E-state index in [-0.39, 0.29) is 12.6 Å². The van der Waals surface area contributed by atoms with Crippen molar-refractivity contribution >= 4 is 11.6 Å². The highest BCUT2D eigenvalue weighted by Gasteiger charge is 2.12. The second-order valence-electron chi connectivity index (χ2n) is 6.89. The number of carbonyl (C=O) groups excluding carboxylic acids is 1. The molecular weight excluding hydrogens is 394 g/mol. The third kappa shape index (κ3) is 4.92. The number of anilines is 1. The molecule has 4 rings (SSSR count). The van der Waals surface area contributed by atoms with Crippen LogP contribution >= 0.6 is 0 Å². The number of benzene rings is 2. The van der Waals surface area contributed by atoms with Crippen molar-refractivity contribution in [1.29, 1.82) is 0 Å². The monoisotopic (exact) mass is 417 g/mol. The largest absolute Gasteiger partial charge is 0.497 e. The van der Waals surface area contributed by atoms with E-state index in [2.05, 4.69) is 27.5 Å². The van der Waals surface area contributed by atoms with Crippen LogP contribution in [0.5, 0.6) is 11.5 Å². The number of carbonyl (C=O) groups is 1. The molecule has 0 radical (unpaired) electrons. The van der Waals surface area contributed by atoms with Crippen LogP contribution in [0.1, 0.15) is 23.0 Å². The third-order valence-electron chi connectivity index (χ3n) is 4.79. The average Bonchev–Trinajstić information content (AvgIpc) is 3.48. The van der Waals surface area contributed by atoms with Gasteiger partial charge >= 0.3 is 0 Å². The smallest absolute Gasteiger partial charge is 0.273 e. The van der Waals surface area contributed by atoms with Crippen molar-refractivity contribution in [1.82, 2.24) is 20.0 Å². The van der Waals surface area contributed by atoms with E-state index < -0.39 is 0 Å². The van der Waals surface area contributed by atoms with Crippen LogP contribution in [0.15, 0.2) is 67.0 Å². The van der Waals surface area contributed by atoms with Crippen LogP contribution in [-0.4, -0.2) is 33.0 Å². The first-order valence-electron chi connectivity index (χ1n) is 9.90. The summed E-state index contributed by atoms with van der Waals surface area (Å²) in [5, 5.41) is 14.0. The molecule has 0 unspecified atom stereocenters. The first-order chi connectivity index (χ1) is 15.1. The van der Waals surface area contributed by atoms with E-state index in [1.165, 1.54) is 5.56 Å². The minimum absolute atomic E-state index is 0.243. The Bertz CT molecular complexity index is 1150. The number of rotatable bonds is 8. The van der Waals surface area contributed by atoms with E-state index in [4.69, 9.17) is 9.47 Å². The van der Waals surface area contributed by atoms with Crippen molar-refractivity contribution in [3.8, 4) is 22.8 Å². The molecule has 2 heterocycles. The number of aryl methyl sites for hydroxylation is 1. The number of aromatic amines is 1. The van der Waals surface area contributed by atoms with Crippen LogP contribution in [0.4, 0.5) is 5.69 Å². The Balaban J connectivity index is 1.34. The summed E-state index contributed by atoms with van der Waals surface area (Å²) in [6.07, 6.45) is 4.27. The van der Waals surface area contributed by atoms with Crippen molar-refractivity contribution in [3.63, 3.8) is 0 Å². The molecule has 8 nitrogen and oxygen atoms in total. The third-order valence-corrected chi connectivity index (χ3v) is 4.79. The van der Waals surface area contributed by atoms with Crippen LogP contribution in [0.2, 0.25) is 0 Å². The van der Waals surface area contributed by atoms with Gasteiger partial charge in [0.25, 0.3) is 5.91 Å². The standard InChI is InChI=1S/C23H23N5O3/c1-3-16-4-8-20(9-5-16)31-15-28-14-18(13-24-28)25-23(29)22-12-21(26-27-22)17-6-10-19(30-2)11-7-17/h4-14H,3,15H2,1-2H3,(H,25,29)(H,26,27). The molecule has 8 heteroatoms. The van der Waals surface area contributed by atoms with Gasteiger partial charge in [0.15, 0.2) is 6.73 Å². The quantitative estimate of drug-likeness (QED) is 0.450. The molecule has 0 bridgehead atoms. The maximum absolute atomic E-state index is 12.5. The second kappa shape index (κ2) is 9.17. The highest BCUT2D eigenvalue weighted by atomic mass is 16.5. The van der Waals surface area contributed by atoms with Crippen LogP contribution < -0.4 is 14.8 Å². The average molecular weight is 417 g/mol. The lowest BCUT2D eigenvalue weighted by molar-refractivity contribution is 0.102. The van der Waals surface area contributed by atoms with E-state index in [1.54, 1.807) is 30.3 Å². The van der Waals surface area contributed by atoms with Crippen molar-refractivity contribution in [2.24, 2.45) is 0 Å². The normalized spacial score (nSPS) is 10.6. The molecular formula is C23H23N5O3. The maximum atomic E-state index is 12.5. The van der Waals surface area contributed by atoms with Crippen molar-refractivity contribution in [2.45, 2.75) is 20.1 Å². The molecule has 0 saturated heterocycles. The molecule has 2 aromatic carbocycles. The number of H-pyrrole nitrogens is 1. The zero-order valence-electron chi connectivity index (χ0n) is 17.3. The summed E-state index contributed by atoms with van der Waals surface area (Å²) in [5.74, 6) is 1.22. The van der Waals surface area contributed by atoms with Gasteiger partial charge in [-0.15, -0.1) is 0 Å². The van der Waals surface area contributed by atoms with Crippen LogP contribution in [0.3, 0.4) is 0 Å². The van der Waals surface area contributed by atoms with Gasteiger partial charge in [-0.1, -0.05) is 19.1 Å². The number of nitrogens with one attached hydrogen (secondary N) is 2. The summed E-state index contributed by atoms with van der Waals surface area (Å²) in [6.45, 7) is 2.35. The Morgan fingerprint density at radius 3 is 2.55 bits per heavy atom. The van der Waals surface area contributed by atoms with Crippen LogP contribution in [0.25, 0.3) is 11.3 Å². The first-order valence-corrected chi connectivity index (χ1v) is 9.90. The predicted octanol–water partition coefficient (Wildman–Crippen LogP) is 4.13. The Hall–Kier alpha value is -4.07. The molecule has 0 spiro atoms. The lowest BCUT2D eigenvalue weighted by atomic mass is 10.1. The highest BCUT2D eigenvalue weighted by Crippen LogP contribution is 2.21. The molecule has 0 aliphatic rings. The highest BCUT2D eigenvalue weighted by molar-refractivity contribution is 6.03. The van der Waals surface area contributed by atoms with Crippen molar-refractivity contribution in [2.75, 3.05) is 12.4 Å². The molecule has 0 aliphatic carbocycles. The van der Waals surface area contributed by atoms with Crippen LogP contribution in [-0.2, 0) is 13.2 Å². The number of aromatic nitrogens is 4. The molecule has 1 amide bonds. The molecule has 4 aromatic rings. The lowest BCUT2D eigenvalue weighted by Crippen LogP contribution is -2.12. The van der Waals surface area contributed by atoms with Gasteiger partial charge in [0.05, 0.1) is 30.9 Å². The van der Waals surface area contributed by atoms with Crippen molar-refractivity contribution in [3.05, 3.63) is 78.2 Å². The van der Waals surface area contributed by atoms with Crippen LogP contribution in [0, 0.1) is 0 Å². The van der Waals surface area contributed by atoms with Gasteiger partial charge in [0, 0.05) is 5.56 Å². The van der Waals surface area contributed by atoms with E-state index >= 15 is 0 Å². The summed E-state index contributed by atoms with van der Waals surface area (Å²) < 4.78 is 12.5. The topological polar surface area (TPSA) is 94.1 Å². The van der Waals surface area contributed by atoms with Gasteiger partial charge in [0.2, 0.25) is 0 Å². The lowest BCUT2D eigenvalue weighted by Gasteiger charge is -2.06. The van der Waals surface area contributed by atoms with Gasteiger partial charge in [-0.2, -0.15) is 10.2 Å². The maximum Gasteiger partial charge on any atom is 0.273 e. The first kappa shape index (κ1) is 20.2. The molecule has 2 N–H and O–H groups in total. The van der Waals surface area contributed by atoms with E-state index in [1.807, 2.05) is 48.5 Å². The number of ether oxygens (including phenoxy) is 2. The molecule has 31 heavy (non-hydrogen) atoms. The molecule has 158 valence electrons. The summed E-state index contributed by atoms with van der Waals surface area (Å²) in [7, 11) is 1.61. The summed E-state index contributed by atoms with van der Waals surface area (Å²) in [5.41, 5.74) is 3.73. The summed E-state index contributed by atoms with van der Waals surface area (Å²) >= 11 is 0. The van der Waals surface area contributed by atoms with Gasteiger partial charge in [-0.25, -0.2) is 4.68 Å². The second-order valence-corrected chi connectivity index (χ2v) is 6.89. The minimum atomic E-state index is -0.303. The Labute approximate surface area is 179 Å². The molecule has 0 saturated carbocycles. The van der Waals surface area contributed by atoms with E-state index in [9.17, 15) is 4.79 Å². The van der Waals surface area contributed by atoms with Gasteiger partial charge in [0.1, 0.15) is 17.2 Å². The van der Waals surface area contributed by atoms with E-state index in [0.717, 1.165) is 23.5 Å². The minimum Gasteiger partial charge on any atom is -0.497 e. The number of nitrogens with zero attached hydrogens (tertiary/aromatic N) is 3. The zero-order valence-corrected chi connectivity index (χ0v) is 17.3. The Morgan fingerprint density at radius 1 is 1.10 bits per heavy atom. The number of hydrogen-bond acceptors (Lipinski definition) is 5. The van der Waals surface area contributed by atoms with Gasteiger partial charge in [-0.05, 0) is 54.4 Å². The number of amides is 1. The fraction of sp³-hybridized carbons (Fsp3) is 0.174. The molecule has 2 aromatic heterocycles. The fourth-order valence-electron chi connectivity index (χ4n) is 3.01. The Kier molecular flexibility index (Phi) is 5.98. The zero-order chi connectivity index (χ0) is 21.6.